The first-order chi connectivity index (χ1) is 16.2. The lowest BCUT2D eigenvalue weighted by Gasteiger charge is -2.26. The molecule has 34 heavy (non-hydrogen) atoms. The van der Waals surface area contributed by atoms with E-state index in [9.17, 15) is 18.0 Å². The van der Waals surface area contributed by atoms with Crippen molar-refractivity contribution in [2.75, 3.05) is 25.5 Å². The molecule has 0 bridgehead atoms. The zero-order valence-corrected chi connectivity index (χ0v) is 20.0. The van der Waals surface area contributed by atoms with E-state index in [2.05, 4.69) is 22.2 Å². The van der Waals surface area contributed by atoms with Crippen molar-refractivity contribution in [2.45, 2.75) is 39.5 Å². The van der Waals surface area contributed by atoms with Crippen molar-refractivity contribution >= 4 is 22.6 Å². The third-order valence-electron chi connectivity index (χ3n) is 6.04. The molecule has 1 N–H and O–H groups in total. The van der Waals surface area contributed by atoms with E-state index < -0.39 is 28.9 Å². The quantitative estimate of drug-likeness (QED) is 0.532. The van der Waals surface area contributed by atoms with Crippen LogP contribution in [-0.4, -0.2) is 36.5 Å². The average Bonchev–Trinajstić information content (AvgIpc) is 2.77. The first-order valence-electron chi connectivity index (χ1n) is 11.5. The number of aryl methyl sites for hydroxylation is 1. The number of benzene rings is 2. The van der Waals surface area contributed by atoms with Gasteiger partial charge >= 0.3 is 0 Å². The Hall–Kier alpha value is -3.16. The molecule has 0 radical (unpaired) electrons. The van der Waals surface area contributed by atoms with Crippen LogP contribution in [-0.2, 0) is 0 Å². The molecule has 0 saturated heterocycles. The van der Waals surface area contributed by atoms with E-state index >= 15 is 0 Å². The third-order valence-corrected chi connectivity index (χ3v) is 6.04. The normalized spacial score (nSPS) is 17.6. The summed E-state index contributed by atoms with van der Waals surface area (Å²) in [6.45, 7) is 4.51. The van der Waals surface area contributed by atoms with Crippen LogP contribution in [0, 0.1) is 36.2 Å². The Balaban J connectivity index is 0.000000202. The van der Waals surface area contributed by atoms with Gasteiger partial charge < -0.3 is 10.2 Å². The maximum Gasteiger partial charge on any atom is 0.257 e. The fourth-order valence-corrected chi connectivity index (χ4v) is 4.13. The molecular weight excluding hydrogens is 441 g/mol. The van der Waals surface area contributed by atoms with Gasteiger partial charge in [0.25, 0.3) is 5.91 Å². The molecule has 1 heterocycles. The second-order valence-corrected chi connectivity index (χ2v) is 9.09. The number of carbonyl (C=O) groups excluding carboxylic acids is 1. The smallest absolute Gasteiger partial charge is 0.257 e. The predicted molar refractivity (Wildman–Crippen MR) is 128 cm³/mol. The second-order valence-electron chi connectivity index (χ2n) is 9.09. The van der Waals surface area contributed by atoms with Crippen LogP contribution in [0.3, 0.4) is 0 Å². The van der Waals surface area contributed by atoms with Gasteiger partial charge in [0.1, 0.15) is 34.7 Å². The summed E-state index contributed by atoms with van der Waals surface area (Å²) in [5.74, 6) is -1.35. The zero-order valence-electron chi connectivity index (χ0n) is 20.0. The summed E-state index contributed by atoms with van der Waals surface area (Å²) in [5, 5.41) is 3.64. The maximum atomic E-state index is 13.4. The van der Waals surface area contributed by atoms with Gasteiger partial charge in [0.15, 0.2) is 0 Å². The number of fused-ring (bicyclic) bond motifs is 1. The summed E-state index contributed by atoms with van der Waals surface area (Å²) in [4.78, 5) is 22.6. The first kappa shape index (κ1) is 25.5. The molecule has 1 amide bonds. The van der Waals surface area contributed by atoms with Gasteiger partial charge in [-0.2, -0.15) is 0 Å². The van der Waals surface area contributed by atoms with Gasteiger partial charge in [-0.25, -0.2) is 23.1 Å². The van der Waals surface area contributed by atoms with Crippen molar-refractivity contribution in [3.8, 4) is 0 Å². The van der Waals surface area contributed by atoms with E-state index in [0.29, 0.717) is 30.5 Å². The van der Waals surface area contributed by atoms with Crippen LogP contribution >= 0.6 is 0 Å². The number of hydrogen-bond donors (Lipinski definition) is 1. The van der Waals surface area contributed by atoms with E-state index in [1.165, 1.54) is 0 Å². The molecule has 0 unspecified atom stereocenters. The molecule has 1 aliphatic rings. The molecule has 1 saturated carbocycles. The number of para-hydroxylation sites is 1. The number of hydrogen-bond acceptors (Lipinski definition) is 4. The minimum atomic E-state index is -1.17. The molecule has 2 aromatic carbocycles. The molecule has 5 nitrogen and oxygen atoms in total. The lowest BCUT2D eigenvalue weighted by molar-refractivity contribution is 0.0933. The molecule has 8 heteroatoms. The largest absolute Gasteiger partial charge is 0.362 e. The van der Waals surface area contributed by atoms with Crippen molar-refractivity contribution in [3.05, 3.63) is 65.2 Å². The number of anilines is 1. The van der Waals surface area contributed by atoms with Crippen LogP contribution in [0.25, 0.3) is 10.9 Å². The first-order valence-corrected chi connectivity index (χ1v) is 11.5. The Morgan fingerprint density at radius 2 is 1.65 bits per heavy atom. The van der Waals surface area contributed by atoms with E-state index in [1.54, 1.807) is 0 Å². The maximum absolute atomic E-state index is 13.4. The molecule has 0 atom stereocenters. The molecule has 1 aliphatic carbocycles. The topological polar surface area (TPSA) is 58.1 Å². The highest BCUT2D eigenvalue weighted by Gasteiger charge is 2.22. The van der Waals surface area contributed by atoms with Gasteiger partial charge in [-0.05, 0) is 43.7 Å². The van der Waals surface area contributed by atoms with Crippen molar-refractivity contribution in [1.82, 2.24) is 15.3 Å². The summed E-state index contributed by atoms with van der Waals surface area (Å²) >= 11 is 0. The minimum Gasteiger partial charge on any atom is -0.362 e. The fraction of sp³-hybridized carbons (Fsp3) is 0.423. The van der Waals surface area contributed by atoms with Gasteiger partial charge in [0.05, 0.1) is 5.52 Å². The summed E-state index contributed by atoms with van der Waals surface area (Å²) in [6.07, 6.45) is 4.24. The highest BCUT2D eigenvalue weighted by atomic mass is 19.1. The lowest BCUT2D eigenvalue weighted by atomic mass is 9.83. The minimum absolute atomic E-state index is 0.349. The molecule has 4 rings (SSSR count). The van der Waals surface area contributed by atoms with Crippen LogP contribution in [0.15, 0.2) is 36.4 Å². The number of halogens is 3. The second kappa shape index (κ2) is 11.3. The van der Waals surface area contributed by atoms with Crippen LogP contribution in [0.5, 0.6) is 0 Å². The molecule has 1 aromatic heterocycles. The van der Waals surface area contributed by atoms with Crippen LogP contribution in [0.4, 0.5) is 19.0 Å². The molecule has 0 spiro atoms. The van der Waals surface area contributed by atoms with Crippen molar-refractivity contribution in [2.24, 2.45) is 11.8 Å². The highest BCUT2D eigenvalue weighted by Crippen LogP contribution is 2.28. The molecule has 3 aromatic rings. The van der Waals surface area contributed by atoms with Gasteiger partial charge in [-0.1, -0.05) is 31.9 Å². The monoisotopic (exact) mass is 472 g/mol. The number of nitrogens with one attached hydrogen (secondary N) is 1. The number of nitrogens with zero attached hydrogens (tertiary/aromatic N) is 3. The number of amides is 1. The van der Waals surface area contributed by atoms with E-state index in [-0.39, 0.29) is 0 Å². The Labute approximate surface area is 198 Å². The van der Waals surface area contributed by atoms with Gasteiger partial charge in [0.2, 0.25) is 0 Å². The Kier molecular flexibility index (Phi) is 8.47. The van der Waals surface area contributed by atoms with E-state index in [1.807, 2.05) is 50.2 Å². The predicted octanol–water partition coefficient (Wildman–Crippen LogP) is 5.66. The fourth-order valence-electron chi connectivity index (χ4n) is 4.13. The van der Waals surface area contributed by atoms with Gasteiger partial charge in [-0.3, -0.25) is 4.79 Å². The summed E-state index contributed by atoms with van der Waals surface area (Å²) < 4.78 is 39.6. The molecule has 1 fully saturated rings. The SMILES string of the molecule is CC1CCC(CNC(=O)c2c(F)cc(F)cc2F)CC1.Cc1nc(N(C)C)c2ccccc2n1. The zero-order chi connectivity index (χ0) is 24.8. The van der Waals surface area contributed by atoms with Crippen LogP contribution in [0.1, 0.15) is 48.8 Å². The number of rotatable bonds is 4. The number of carbonyl (C=O) groups is 1. The lowest BCUT2D eigenvalue weighted by Crippen LogP contribution is -2.32. The Bertz CT molecular complexity index is 1120. The van der Waals surface area contributed by atoms with Crippen molar-refractivity contribution in [1.29, 1.82) is 0 Å². The third kappa shape index (κ3) is 6.46. The Morgan fingerprint density at radius 3 is 2.26 bits per heavy atom. The van der Waals surface area contributed by atoms with E-state index in [0.717, 1.165) is 48.2 Å². The van der Waals surface area contributed by atoms with Crippen molar-refractivity contribution in [3.63, 3.8) is 0 Å². The van der Waals surface area contributed by atoms with Gasteiger partial charge in [0, 0.05) is 38.2 Å². The molecule has 182 valence electrons. The van der Waals surface area contributed by atoms with Gasteiger partial charge in [-0.15, -0.1) is 0 Å². The Morgan fingerprint density at radius 1 is 1.03 bits per heavy atom. The standard InChI is InChI=1S/C15H18F3NO.C11H13N3/c1-9-2-4-10(5-3-9)8-19-15(20)14-12(17)6-11(16)7-13(14)18;1-8-12-10-7-5-4-6-9(10)11(13-8)14(2)3/h6-7,9-10H,2-5,8H2,1H3,(H,19,20);4-7H,1-3H3. The molecular formula is C26H31F3N4O. The van der Waals surface area contributed by atoms with Crippen LogP contribution < -0.4 is 10.2 Å². The summed E-state index contributed by atoms with van der Waals surface area (Å²) in [5.41, 5.74) is 0.291. The summed E-state index contributed by atoms with van der Waals surface area (Å²) in [7, 11) is 3.99. The number of aromatic nitrogens is 2. The molecule has 0 aliphatic heterocycles. The summed E-state index contributed by atoms with van der Waals surface area (Å²) in [6, 6.07) is 9.09. The highest BCUT2D eigenvalue weighted by molar-refractivity contribution is 5.94. The van der Waals surface area contributed by atoms with E-state index in [4.69, 9.17) is 0 Å². The average molecular weight is 473 g/mol. The van der Waals surface area contributed by atoms with Crippen LogP contribution in [0.2, 0.25) is 0 Å². The van der Waals surface area contributed by atoms with Crippen molar-refractivity contribution < 1.29 is 18.0 Å².